The molecule has 0 saturated carbocycles. The monoisotopic (exact) mass is 1030 g/mol. The maximum absolute atomic E-state index is 12.2. The molecule has 8 aromatic carbocycles. The summed E-state index contributed by atoms with van der Waals surface area (Å²) in [5.41, 5.74) is 1.46. The van der Waals surface area contributed by atoms with Crippen LogP contribution < -0.4 is 34.2 Å². The van der Waals surface area contributed by atoms with E-state index in [4.69, 9.17) is 14.9 Å². The molecular weight excluding hydrogens is 990 g/mol. The molecular formula is C52H41ClFNaO10S4. The van der Waals surface area contributed by atoms with Gasteiger partial charge in [0.05, 0.1) is 31.7 Å². The van der Waals surface area contributed by atoms with E-state index in [1.54, 1.807) is 54.2 Å². The van der Waals surface area contributed by atoms with Crippen LogP contribution in [0.4, 0.5) is 4.39 Å². The molecule has 8 aromatic rings. The van der Waals surface area contributed by atoms with E-state index >= 15 is 0 Å². The molecule has 0 aliphatic rings. The second kappa shape index (κ2) is 32.7. The molecule has 0 radical (unpaired) electrons. The minimum Gasteiger partial charge on any atom is -0.769 e. The number of carbonyl (C=O) groups is 4. The Balaban J connectivity index is 0.000000302. The molecule has 0 aliphatic carbocycles. The molecule has 0 heterocycles. The zero-order valence-electron chi connectivity index (χ0n) is 36.5. The van der Waals surface area contributed by atoms with Crippen LogP contribution in [-0.4, -0.2) is 47.4 Å². The first-order valence-electron chi connectivity index (χ1n) is 19.6. The Kier molecular flexibility index (Phi) is 28.0. The molecule has 8 rings (SSSR count). The zero-order chi connectivity index (χ0) is 49.7. The fourth-order valence-corrected chi connectivity index (χ4v) is 8.47. The first kappa shape index (κ1) is 59.1. The normalized spacial score (nSPS) is 10.1. The molecule has 17 heteroatoms. The number of halogens is 2. The van der Waals surface area contributed by atoms with Gasteiger partial charge < -0.3 is 14.9 Å². The minimum atomic E-state index is -3.57. The number of carboxylic acid groups (broad SMARTS) is 2. The third-order valence-electron chi connectivity index (χ3n) is 8.50. The number of sulfone groups is 1. The summed E-state index contributed by atoms with van der Waals surface area (Å²) in [6, 6.07) is 61.2. The van der Waals surface area contributed by atoms with Gasteiger partial charge in [-0.2, -0.15) is 0 Å². The van der Waals surface area contributed by atoms with Crippen molar-refractivity contribution in [2.45, 2.75) is 34.3 Å². The number of aldehydes is 2. The molecule has 0 aliphatic heterocycles. The summed E-state index contributed by atoms with van der Waals surface area (Å²) in [6.45, 7) is 0. The van der Waals surface area contributed by atoms with E-state index in [0.29, 0.717) is 27.2 Å². The van der Waals surface area contributed by atoms with Crippen LogP contribution in [0.15, 0.2) is 253 Å². The van der Waals surface area contributed by atoms with Crippen LogP contribution in [0.3, 0.4) is 0 Å². The number of carbonyl (C=O) groups excluding carboxylic acids is 2. The Labute approximate surface area is 439 Å². The molecule has 1 atom stereocenters. The number of thiol groups is 1. The van der Waals surface area contributed by atoms with E-state index in [2.05, 4.69) is 36.6 Å². The average Bonchev–Trinajstić information content (AvgIpc) is 3.39. The average molecular weight is 1030 g/mol. The van der Waals surface area contributed by atoms with Gasteiger partial charge in [-0.1, -0.05) is 96.7 Å². The van der Waals surface area contributed by atoms with Gasteiger partial charge in [0.1, 0.15) is 18.4 Å². The van der Waals surface area contributed by atoms with Crippen LogP contribution in [0.1, 0.15) is 41.4 Å². The molecule has 10 nitrogen and oxygen atoms in total. The predicted molar refractivity (Wildman–Crippen MR) is 264 cm³/mol. The molecule has 0 saturated heterocycles. The van der Waals surface area contributed by atoms with Crippen molar-refractivity contribution < 1.29 is 80.6 Å². The van der Waals surface area contributed by atoms with Crippen molar-refractivity contribution in [2.75, 3.05) is 0 Å². The van der Waals surface area contributed by atoms with E-state index in [1.807, 2.05) is 91.0 Å². The first-order valence-corrected chi connectivity index (χ1v) is 23.8. The van der Waals surface area contributed by atoms with Gasteiger partial charge in [0.2, 0.25) is 9.84 Å². The second-order valence-electron chi connectivity index (χ2n) is 13.2. The van der Waals surface area contributed by atoms with Gasteiger partial charge in [-0.05, 0) is 133 Å². The molecule has 0 amide bonds. The molecule has 0 spiro atoms. The van der Waals surface area contributed by atoms with Gasteiger partial charge in [-0.25, -0.2) is 38.5 Å². The second-order valence-corrected chi connectivity index (χ2v) is 18.3. The summed E-state index contributed by atoms with van der Waals surface area (Å²) >= 11 is 9.16. The smallest absolute Gasteiger partial charge is 0.769 e. The van der Waals surface area contributed by atoms with Crippen molar-refractivity contribution in [3.63, 3.8) is 0 Å². The zero-order valence-corrected chi connectivity index (χ0v) is 42.6. The van der Waals surface area contributed by atoms with Gasteiger partial charge in [0.25, 0.3) is 0 Å². The Morgan fingerprint density at radius 1 is 0.522 bits per heavy atom. The standard InChI is InChI=1S/C13H10O4S.C13H10O3S.C13H10OS.C7H5FO.C6H6S.ClO.Na/c14-13(15)10-6-8-12(9-7-10)18(16,17)11-4-2-1-3-5-11;14-13(15)10-6-8-12(9-7-10)17(16)11-4-2-1-3-5-11;14-10-11-6-8-13(9-7-11)15-12-4-2-1-3-5-12;8-7-3-1-6(5-9)2-4-7;7-6-4-2-1-3-5-6;1-2;/h1-9H,(H,14,15);1-9H,(H,14,15);1-10H;1-5H;1-5,7H;;/q;;;;;-1;+1. The molecule has 2 N–H and O–H groups in total. The SMILES string of the molecule is O=C(O)c1ccc(S(=O)(=O)c2ccccc2)cc1.O=C(O)c1ccc(S(=O)c2ccccc2)cc1.O=Cc1ccc(F)cc1.O=Cc1ccc(Sc2ccccc2)cc1.Sc1ccccc1.[Na+].[O-]Cl. The Morgan fingerprint density at radius 3 is 1.28 bits per heavy atom. The number of aromatic carboxylic acids is 2. The molecule has 0 aromatic heterocycles. The predicted octanol–water partition coefficient (Wildman–Crippen LogP) is 8.54. The van der Waals surface area contributed by atoms with Crippen molar-refractivity contribution in [3.8, 4) is 0 Å². The Bertz CT molecular complexity index is 2890. The number of benzene rings is 8. The summed E-state index contributed by atoms with van der Waals surface area (Å²) in [7, 11) is -4.84. The van der Waals surface area contributed by atoms with Crippen molar-refractivity contribution in [1.29, 1.82) is 0 Å². The largest absolute Gasteiger partial charge is 1.00 e. The van der Waals surface area contributed by atoms with Gasteiger partial charge in [-0.3, -0.25) is 9.59 Å². The van der Waals surface area contributed by atoms with E-state index in [-0.39, 0.29) is 56.3 Å². The van der Waals surface area contributed by atoms with Crippen molar-refractivity contribution in [2.24, 2.45) is 0 Å². The summed E-state index contributed by atoms with van der Waals surface area (Å²) in [4.78, 5) is 46.8. The fraction of sp³-hybridized carbons (Fsp3) is 0. The number of rotatable bonds is 10. The van der Waals surface area contributed by atoms with Gasteiger partial charge in [0, 0.05) is 35.6 Å². The van der Waals surface area contributed by atoms with Gasteiger partial charge >= 0.3 is 41.5 Å². The van der Waals surface area contributed by atoms with E-state index in [0.717, 1.165) is 16.1 Å². The summed E-state index contributed by atoms with van der Waals surface area (Å²) in [5.74, 6) is -2.39. The number of hydrogen-bond acceptors (Lipinski definition) is 10. The summed E-state index contributed by atoms with van der Waals surface area (Å²) < 4.78 is 56.3. The van der Waals surface area contributed by atoms with Crippen molar-refractivity contribution in [3.05, 3.63) is 246 Å². The van der Waals surface area contributed by atoms with Crippen LogP contribution in [0, 0.1) is 5.82 Å². The van der Waals surface area contributed by atoms with Crippen LogP contribution in [-0.2, 0) is 20.6 Å². The van der Waals surface area contributed by atoms with E-state index < -0.39 is 32.6 Å². The maximum atomic E-state index is 12.2. The molecule has 0 fully saturated rings. The summed E-state index contributed by atoms with van der Waals surface area (Å²) in [5, 5.41) is 17.5. The van der Waals surface area contributed by atoms with Crippen molar-refractivity contribution in [1.82, 2.24) is 0 Å². The molecule has 1 unspecified atom stereocenters. The maximum Gasteiger partial charge on any atom is 1.00 e. The quantitative estimate of drug-likeness (QED) is 0.0678. The third kappa shape index (κ3) is 21.5. The number of hydrogen-bond donors (Lipinski definition) is 3. The van der Waals surface area contributed by atoms with Gasteiger partial charge in [-0.15, -0.1) is 12.6 Å². The molecule has 69 heavy (non-hydrogen) atoms. The van der Waals surface area contributed by atoms with Crippen LogP contribution >= 0.6 is 36.3 Å². The van der Waals surface area contributed by atoms with E-state index in [1.165, 1.54) is 77.7 Å². The summed E-state index contributed by atoms with van der Waals surface area (Å²) in [6.07, 6.45) is 1.54. The van der Waals surface area contributed by atoms with Gasteiger partial charge in [0.15, 0.2) is 0 Å². The first-order chi connectivity index (χ1) is 32.8. The molecule has 348 valence electrons. The van der Waals surface area contributed by atoms with Crippen molar-refractivity contribution >= 4 is 81.4 Å². The third-order valence-corrected chi connectivity index (χ3v) is 13.0. The van der Waals surface area contributed by atoms with Crippen LogP contribution in [0.5, 0.6) is 0 Å². The Morgan fingerprint density at radius 2 is 0.870 bits per heavy atom. The topological polar surface area (TPSA) is 183 Å². The van der Waals surface area contributed by atoms with E-state index in [9.17, 15) is 36.2 Å². The fourth-order valence-electron chi connectivity index (χ4n) is 5.12. The minimum absolute atomic E-state index is 0. The van der Waals surface area contributed by atoms with Crippen LogP contribution in [0.25, 0.3) is 0 Å². The molecule has 0 bridgehead atoms. The van der Waals surface area contributed by atoms with Crippen LogP contribution in [0.2, 0.25) is 0 Å². The Hall–Kier alpha value is -5.98. The number of carboxylic acids is 2.